The molecular weight excluding hydrogens is 210 g/mol. The van der Waals surface area contributed by atoms with Crippen molar-refractivity contribution in [3.8, 4) is 11.3 Å². The summed E-state index contributed by atoms with van der Waals surface area (Å²) in [5.74, 6) is 0.328. The fourth-order valence-electron chi connectivity index (χ4n) is 1.44. The summed E-state index contributed by atoms with van der Waals surface area (Å²) in [5.41, 5.74) is 7.22. The van der Waals surface area contributed by atoms with Crippen molar-refractivity contribution in [3.05, 3.63) is 30.5 Å². The molecular formula is C10H7N3OS. The second-order valence-corrected chi connectivity index (χ2v) is 4.03. The van der Waals surface area contributed by atoms with Gasteiger partial charge in [0.15, 0.2) is 0 Å². The van der Waals surface area contributed by atoms with Crippen LogP contribution >= 0.6 is 11.5 Å². The molecule has 0 atom stereocenters. The number of anilines is 1. The topological polar surface area (TPSA) is 64.9 Å². The number of nitrogen functional groups attached to an aromatic ring is 1. The first-order valence-electron chi connectivity index (χ1n) is 4.40. The van der Waals surface area contributed by atoms with Crippen LogP contribution in [0.2, 0.25) is 0 Å². The maximum absolute atomic E-state index is 5.47. The second kappa shape index (κ2) is 3.06. The predicted octanol–water partition coefficient (Wildman–Crippen LogP) is 2.53. The molecule has 1 aromatic carbocycles. The summed E-state index contributed by atoms with van der Waals surface area (Å²) in [6.45, 7) is 0. The molecule has 3 aromatic rings. The minimum absolute atomic E-state index is 0.328. The van der Waals surface area contributed by atoms with Crippen LogP contribution in [0.25, 0.3) is 21.3 Å². The molecule has 0 amide bonds. The van der Waals surface area contributed by atoms with E-state index in [0.29, 0.717) is 5.88 Å². The third-order valence-electron chi connectivity index (χ3n) is 2.18. The fourth-order valence-corrected chi connectivity index (χ4v) is 2.13. The van der Waals surface area contributed by atoms with Crippen LogP contribution in [0.5, 0.6) is 0 Å². The van der Waals surface area contributed by atoms with Crippen molar-refractivity contribution < 1.29 is 4.52 Å². The Morgan fingerprint density at radius 1 is 1.27 bits per heavy atom. The lowest BCUT2D eigenvalue weighted by molar-refractivity contribution is 0.439. The Morgan fingerprint density at radius 3 is 3.00 bits per heavy atom. The summed E-state index contributed by atoms with van der Waals surface area (Å²) in [4.78, 5) is 0. The molecule has 0 saturated carbocycles. The van der Waals surface area contributed by atoms with Gasteiger partial charge >= 0.3 is 0 Å². The molecule has 2 heterocycles. The molecule has 0 saturated heterocycles. The summed E-state index contributed by atoms with van der Waals surface area (Å²) in [6, 6.07) is 7.74. The van der Waals surface area contributed by atoms with Crippen LogP contribution in [0.1, 0.15) is 0 Å². The van der Waals surface area contributed by atoms with E-state index in [1.807, 2.05) is 24.4 Å². The zero-order valence-corrected chi connectivity index (χ0v) is 8.49. The van der Waals surface area contributed by atoms with Gasteiger partial charge in [-0.2, -0.15) is 4.37 Å². The summed E-state index contributed by atoms with van der Waals surface area (Å²) < 4.78 is 10.1. The normalized spacial score (nSPS) is 10.9. The van der Waals surface area contributed by atoms with E-state index < -0.39 is 0 Å². The van der Waals surface area contributed by atoms with Crippen molar-refractivity contribution in [2.24, 2.45) is 0 Å². The van der Waals surface area contributed by atoms with Crippen molar-refractivity contribution >= 4 is 27.5 Å². The molecule has 0 aliphatic heterocycles. The first-order chi connectivity index (χ1) is 7.33. The monoisotopic (exact) mass is 217 g/mol. The predicted molar refractivity (Wildman–Crippen MR) is 59.5 cm³/mol. The second-order valence-electron chi connectivity index (χ2n) is 3.19. The smallest absolute Gasteiger partial charge is 0.222 e. The molecule has 0 spiro atoms. The van der Waals surface area contributed by atoms with Crippen LogP contribution in [-0.4, -0.2) is 9.53 Å². The Balaban J connectivity index is 2.18. The number of nitrogens with two attached hydrogens (primary N) is 1. The average molecular weight is 217 g/mol. The molecule has 2 aromatic heterocycles. The molecule has 0 aliphatic rings. The van der Waals surface area contributed by atoms with Gasteiger partial charge in [-0.25, -0.2) is 0 Å². The van der Waals surface area contributed by atoms with Gasteiger partial charge in [-0.05, 0) is 17.6 Å². The summed E-state index contributed by atoms with van der Waals surface area (Å²) in [7, 11) is 0. The highest BCUT2D eigenvalue weighted by molar-refractivity contribution is 7.13. The third kappa shape index (κ3) is 1.37. The third-order valence-corrected chi connectivity index (χ3v) is 2.94. The number of hydrogen-bond acceptors (Lipinski definition) is 5. The van der Waals surface area contributed by atoms with Gasteiger partial charge in [0, 0.05) is 23.2 Å². The molecule has 0 radical (unpaired) electrons. The first kappa shape index (κ1) is 8.43. The number of nitrogens with zero attached hydrogens (tertiary/aromatic N) is 2. The van der Waals surface area contributed by atoms with Crippen LogP contribution < -0.4 is 5.73 Å². The lowest BCUT2D eigenvalue weighted by atomic mass is 10.1. The maximum Gasteiger partial charge on any atom is 0.222 e. The Hall–Kier alpha value is -1.88. The number of aromatic nitrogens is 2. The van der Waals surface area contributed by atoms with Crippen molar-refractivity contribution in [1.29, 1.82) is 0 Å². The van der Waals surface area contributed by atoms with Crippen LogP contribution in [0.4, 0.5) is 5.88 Å². The minimum atomic E-state index is 0.328. The molecule has 4 nitrogen and oxygen atoms in total. The van der Waals surface area contributed by atoms with Gasteiger partial charge in [-0.15, -0.1) is 0 Å². The number of benzene rings is 1. The van der Waals surface area contributed by atoms with Crippen LogP contribution in [0, 0.1) is 0 Å². The molecule has 5 heteroatoms. The highest BCUT2D eigenvalue weighted by atomic mass is 32.1. The number of fused-ring (bicyclic) bond motifs is 1. The number of hydrogen-bond donors (Lipinski definition) is 1. The fraction of sp³-hybridized carbons (Fsp3) is 0. The van der Waals surface area contributed by atoms with Gasteiger partial charge < -0.3 is 10.3 Å². The molecule has 0 bridgehead atoms. The van der Waals surface area contributed by atoms with E-state index in [-0.39, 0.29) is 0 Å². The molecule has 0 fully saturated rings. The zero-order valence-electron chi connectivity index (χ0n) is 7.68. The molecule has 2 N–H and O–H groups in total. The zero-order chi connectivity index (χ0) is 10.3. The summed E-state index contributed by atoms with van der Waals surface area (Å²) in [5, 5.41) is 5.00. The van der Waals surface area contributed by atoms with E-state index in [4.69, 9.17) is 10.3 Å². The van der Waals surface area contributed by atoms with E-state index in [2.05, 4.69) is 9.53 Å². The van der Waals surface area contributed by atoms with Crippen LogP contribution in [0.15, 0.2) is 35.0 Å². The summed E-state index contributed by atoms with van der Waals surface area (Å²) in [6.07, 6.45) is 1.85. The van der Waals surface area contributed by atoms with Crippen molar-refractivity contribution in [3.63, 3.8) is 0 Å². The van der Waals surface area contributed by atoms with Gasteiger partial charge in [0.2, 0.25) is 5.88 Å². The molecule has 0 unspecified atom stereocenters. The van der Waals surface area contributed by atoms with Crippen LogP contribution in [0.3, 0.4) is 0 Å². The van der Waals surface area contributed by atoms with E-state index >= 15 is 0 Å². The van der Waals surface area contributed by atoms with Gasteiger partial charge in [0.25, 0.3) is 0 Å². The van der Waals surface area contributed by atoms with Gasteiger partial charge in [0.05, 0.1) is 4.70 Å². The van der Waals surface area contributed by atoms with Crippen molar-refractivity contribution in [2.75, 3.05) is 5.73 Å². The Kier molecular flexibility index (Phi) is 1.72. The van der Waals surface area contributed by atoms with Gasteiger partial charge in [0.1, 0.15) is 5.69 Å². The highest BCUT2D eigenvalue weighted by Gasteiger charge is 2.05. The molecule has 0 aliphatic carbocycles. The SMILES string of the molecule is Nc1cc(-c2ccc3cnsc3c2)no1. The van der Waals surface area contributed by atoms with E-state index in [0.717, 1.165) is 21.3 Å². The minimum Gasteiger partial charge on any atom is -0.368 e. The molecule has 3 rings (SSSR count). The molecule has 74 valence electrons. The Labute approximate surface area is 89.5 Å². The lowest BCUT2D eigenvalue weighted by Gasteiger charge is -1.94. The lowest BCUT2D eigenvalue weighted by Crippen LogP contribution is -1.77. The first-order valence-corrected chi connectivity index (χ1v) is 5.17. The van der Waals surface area contributed by atoms with Gasteiger partial charge in [-0.3, -0.25) is 0 Å². The van der Waals surface area contributed by atoms with Crippen molar-refractivity contribution in [2.45, 2.75) is 0 Å². The van der Waals surface area contributed by atoms with E-state index in [1.165, 1.54) is 11.5 Å². The van der Waals surface area contributed by atoms with Crippen LogP contribution in [-0.2, 0) is 0 Å². The van der Waals surface area contributed by atoms with E-state index in [1.54, 1.807) is 6.07 Å². The number of rotatable bonds is 1. The standard InChI is InChI=1S/C10H7N3OS/c11-10-4-8(13-14-10)6-1-2-7-5-12-15-9(7)3-6/h1-5H,11H2. The van der Waals surface area contributed by atoms with E-state index in [9.17, 15) is 0 Å². The van der Waals surface area contributed by atoms with Crippen molar-refractivity contribution in [1.82, 2.24) is 9.53 Å². The van der Waals surface area contributed by atoms with Gasteiger partial charge in [-0.1, -0.05) is 17.3 Å². The average Bonchev–Trinajstić information content (AvgIpc) is 2.84. The quantitative estimate of drug-likeness (QED) is 0.680. The Morgan fingerprint density at radius 2 is 2.20 bits per heavy atom. The Bertz CT molecular complexity index is 614. The largest absolute Gasteiger partial charge is 0.368 e. The highest BCUT2D eigenvalue weighted by Crippen LogP contribution is 2.26. The summed E-state index contributed by atoms with van der Waals surface area (Å²) >= 11 is 1.46. The maximum atomic E-state index is 5.47. The molecule has 15 heavy (non-hydrogen) atoms.